The molecule has 0 aliphatic carbocycles. The van der Waals surface area contributed by atoms with Crippen LogP contribution in [-0.4, -0.2) is 17.4 Å². The van der Waals surface area contributed by atoms with Crippen LogP contribution in [0.2, 0.25) is 0 Å². The lowest BCUT2D eigenvalue weighted by atomic mass is 9.88. The molecule has 0 spiro atoms. The van der Waals surface area contributed by atoms with Crippen molar-refractivity contribution in [1.82, 2.24) is 10.3 Å². The minimum absolute atomic E-state index is 0.0383. The smallest absolute Gasteiger partial charge is 0.228 e. The molecule has 4 heteroatoms. The van der Waals surface area contributed by atoms with Crippen LogP contribution >= 0.6 is 0 Å². The van der Waals surface area contributed by atoms with Crippen molar-refractivity contribution in [2.45, 2.75) is 26.2 Å². The highest BCUT2D eigenvalue weighted by atomic mass is 16.1. The number of hydrogen-bond acceptors (Lipinski definition) is 2. The van der Waals surface area contributed by atoms with Gasteiger partial charge in [-0.05, 0) is 46.5 Å². The molecule has 1 amide bonds. The van der Waals surface area contributed by atoms with Crippen molar-refractivity contribution in [3.05, 3.63) is 60.3 Å². The zero-order chi connectivity index (χ0) is 18.5. The van der Waals surface area contributed by atoms with E-state index in [0.717, 1.165) is 28.6 Å². The summed E-state index contributed by atoms with van der Waals surface area (Å²) in [5, 5.41) is 12.6. The summed E-state index contributed by atoms with van der Waals surface area (Å²) in [5.41, 5.74) is 4.28. The van der Waals surface area contributed by atoms with Crippen molar-refractivity contribution in [2.75, 3.05) is 6.54 Å². The Hall–Kier alpha value is -3.06. The van der Waals surface area contributed by atoms with Crippen molar-refractivity contribution in [1.29, 1.82) is 5.26 Å². The van der Waals surface area contributed by atoms with Crippen LogP contribution in [-0.2, 0) is 4.79 Å². The maximum Gasteiger partial charge on any atom is 0.228 e. The third-order valence-corrected chi connectivity index (χ3v) is 4.54. The molecule has 2 N–H and O–H groups in total. The van der Waals surface area contributed by atoms with E-state index in [4.69, 9.17) is 5.26 Å². The Morgan fingerprint density at radius 3 is 2.73 bits per heavy atom. The Morgan fingerprint density at radius 1 is 1.15 bits per heavy atom. The average molecular weight is 345 g/mol. The fourth-order valence-corrected chi connectivity index (χ4v) is 3.28. The number of aromatic nitrogens is 1. The molecule has 0 fully saturated rings. The Bertz CT molecular complexity index is 949. The lowest BCUT2D eigenvalue weighted by Gasteiger charge is -2.19. The summed E-state index contributed by atoms with van der Waals surface area (Å²) in [5.74, 6) is 0.0431. The molecule has 1 unspecified atom stereocenters. The maximum absolute atomic E-state index is 12.6. The van der Waals surface area contributed by atoms with Gasteiger partial charge in [-0.15, -0.1) is 0 Å². The van der Waals surface area contributed by atoms with Crippen LogP contribution in [0.3, 0.4) is 0 Å². The normalized spacial score (nSPS) is 12.1. The van der Waals surface area contributed by atoms with Crippen molar-refractivity contribution in [3.63, 3.8) is 0 Å². The second kappa shape index (κ2) is 7.88. The van der Waals surface area contributed by atoms with Gasteiger partial charge in [-0.1, -0.05) is 50.2 Å². The highest BCUT2D eigenvalue weighted by Gasteiger charge is 2.22. The third-order valence-electron chi connectivity index (χ3n) is 4.54. The van der Waals surface area contributed by atoms with E-state index in [-0.39, 0.29) is 18.4 Å². The van der Waals surface area contributed by atoms with Crippen LogP contribution in [0.15, 0.2) is 54.7 Å². The quantitative estimate of drug-likeness (QED) is 0.641. The molecule has 3 rings (SSSR count). The van der Waals surface area contributed by atoms with Crippen LogP contribution in [0.25, 0.3) is 22.0 Å². The van der Waals surface area contributed by atoms with E-state index in [9.17, 15) is 4.79 Å². The average Bonchev–Trinajstić information content (AvgIpc) is 3.12. The summed E-state index contributed by atoms with van der Waals surface area (Å²) in [6.07, 6.45) is 2.68. The molecule has 1 aromatic heterocycles. The minimum Gasteiger partial charge on any atom is -0.361 e. The van der Waals surface area contributed by atoms with Gasteiger partial charge in [0.05, 0.1) is 12.0 Å². The first kappa shape index (κ1) is 17.8. The number of nitrogens with zero attached hydrogens (tertiary/aromatic N) is 1. The predicted octanol–water partition coefficient (Wildman–Crippen LogP) is 4.60. The Labute approximate surface area is 153 Å². The summed E-state index contributed by atoms with van der Waals surface area (Å²) in [4.78, 5) is 15.8. The monoisotopic (exact) mass is 345 g/mol. The van der Waals surface area contributed by atoms with Gasteiger partial charge in [0.15, 0.2) is 0 Å². The molecule has 0 aliphatic rings. The first-order valence-corrected chi connectivity index (χ1v) is 8.90. The number of amides is 1. The van der Waals surface area contributed by atoms with Crippen LogP contribution in [0.1, 0.15) is 31.7 Å². The van der Waals surface area contributed by atoms with Gasteiger partial charge in [-0.25, -0.2) is 0 Å². The van der Waals surface area contributed by atoms with Gasteiger partial charge in [0.1, 0.15) is 6.54 Å². The number of benzene rings is 2. The number of rotatable bonds is 6. The summed E-state index contributed by atoms with van der Waals surface area (Å²) >= 11 is 0. The predicted molar refractivity (Wildman–Crippen MR) is 105 cm³/mol. The first-order chi connectivity index (χ1) is 12.6. The fraction of sp³-hybridized carbons (Fsp3) is 0.273. The number of H-pyrrole nitrogens is 1. The minimum atomic E-state index is -0.252. The van der Waals surface area contributed by atoms with Crippen LogP contribution in [0.4, 0.5) is 0 Å². The molecule has 3 aromatic rings. The number of carbonyl (C=O) groups excluding carboxylic acids is 1. The molecule has 0 saturated heterocycles. The highest BCUT2D eigenvalue weighted by molar-refractivity contribution is 5.86. The summed E-state index contributed by atoms with van der Waals surface area (Å²) in [6.45, 7) is 4.25. The molecule has 132 valence electrons. The number of hydrogen-bond donors (Lipinski definition) is 2. The Balaban J connectivity index is 1.94. The first-order valence-electron chi connectivity index (χ1n) is 8.90. The van der Waals surface area contributed by atoms with E-state index in [1.54, 1.807) is 0 Å². The van der Waals surface area contributed by atoms with E-state index in [2.05, 4.69) is 54.5 Å². The molecule has 0 saturated carbocycles. The second-order valence-corrected chi connectivity index (χ2v) is 6.96. The van der Waals surface area contributed by atoms with Gasteiger partial charge >= 0.3 is 0 Å². The maximum atomic E-state index is 12.6. The van der Waals surface area contributed by atoms with Gasteiger partial charge in [0, 0.05) is 11.7 Å². The van der Waals surface area contributed by atoms with E-state index >= 15 is 0 Å². The molecule has 4 nitrogen and oxygen atoms in total. The molecular formula is C22H23N3O. The van der Waals surface area contributed by atoms with Gasteiger partial charge in [-0.2, -0.15) is 5.26 Å². The molecule has 26 heavy (non-hydrogen) atoms. The van der Waals surface area contributed by atoms with Gasteiger partial charge in [0.2, 0.25) is 5.91 Å². The summed E-state index contributed by atoms with van der Waals surface area (Å²) < 4.78 is 0. The number of nitriles is 1. The molecule has 0 bridgehead atoms. The number of nitrogens with one attached hydrogen (secondary N) is 2. The van der Waals surface area contributed by atoms with Crippen LogP contribution in [0, 0.1) is 17.2 Å². The van der Waals surface area contributed by atoms with Crippen molar-refractivity contribution in [2.24, 2.45) is 5.92 Å². The van der Waals surface area contributed by atoms with E-state index in [0.29, 0.717) is 5.92 Å². The number of aromatic amines is 1. The lowest BCUT2D eigenvalue weighted by Crippen LogP contribution is -2.30. The third kappa shape index (κ3) is 3.94. The molecular weight excluding hydrogens is 322 g/mol. The van der Waals surface area contributed by atoms with E-state index < -0.39 is 0 Å². The van der Waals surface area contributed by atoms with E-state index in [1.165, 1.54) is 5.39 Å². The Morgan fingerprint density at radius 2 is 1.96 bits per heavy atom. The zero-order valence-corrected chi connectivity index (χ0v) is 15.1. The standard InChI is InChI=1S/C22H23N3O/c1-15(2)12-20(22(26)25-11-9-23)19-5-3-4-17(13-19)18-7-6-16-8-10-24-21(16)14-18/h3-8,10,13-15,20,24H,11-12H2,1-2H3,(H,25,26). The van der Waals surface area contributed by atoms with Crippen molar-refractivity contribution >= 4 is 16.8 Å². The summed E-state index contributed by atoms with van der Waals surface area (Å²) in [6, 6.07) is 18.5. The molecule has 2 aromatic carbocycles. The molecule has 0 aliphatic heterocycles. The highest BCUT2D eigenvalue weighted by Crippen LogP contribution is 2.29. The number of carbonyl (C=O) groups is 1. The SMILES string of the molecule is CC(C)CC(C(=O)NCC#N)c1cccc(-c2ccc3cc[nH]c3c2)c1. The van der Waals surface area contributed by atoms with Gasteiger partial charge < -0.3 is 10.3 Å². The molecule has 1 heterocycles. The lowest BCUT2D eigenvalue weighted by molar-refractivity contribution is -0.122. The zero-order valence-electron chi connectivity index (χ0n) is 15.1. The summed E-state index contributed by atoms with van der Waals surface area (Å²) in [7, 11) is 0. The molecule has 0 radical (unpaired) electrons. The largest absolute Gasteiger partial charge is 0.361 e. The van der Waals surface area contributed by atoms with Crippen LogP contribution in [0.5, 0.6) is 0 Å². The molecule has 1 atom stereocenters. The van der Waals surface area contributed by atoms with Gasteiger partial charge in [-0.3, -0.25) is 4.79 Å². The van der Waals surface area contributed by atoms with Crippen molar-refractivity contribution < 1.29 is 4.79 Å². The Kier molecular flexibility index (Phi) is 5.38. The second-order valence-electron chi connectivity index (χ2n) is 6.96. The van der Waals surface area contributed by atoms with E-state index in [1.807, 2.05) is 30.5 Å². The van der Waals surface area contributed by atoms with Crippen LogP contribution < -0.4 is 5.32 Å². The number of fused-ring (bicyclic) bond motifs is 1. The topological polar surface area (TPSA) is 68.7 Å². The fourth-order valence-electron chi connectivity index (χ4n) is 3.28. The van der Waals surface area contributed by atoms with Gasteiger partial charge in [0.25, 0.3) is 0 Å². The van der Waals surface area contributed by atoms with Crippen molar-refractivity contribution in [3.8, 4) is 17.2 Å².